The lowest BCUT2D eigenvalue weighted by molar-refractivity contribution is -0.119. The Bertz CT molecular complexity index is 321. The third kappa shape index (κ3) is 2.81. The standard InChI is InChI=1S/C11H16N2O2S/c14-9-13-5-3-12(4-6-13)8-10(15)11-2-1-7-16-11/h1-2,7,9-10,15H,3-6,8H2. The minimum Gasteiger partial charge on any atom is -0.386 e. The van der Waals surface area contributed by atoms with Gasteiger partial charge in [0.2, 0.25) is 6.41 Å². The van der Waals surface area contributed by atoms with Crippen LogP contribution in [0.5, 0.6) is 0 Å². The third-order valence-corrected chi connectivity index (χ3v) is 3.83. The molecule has 4 nitrogen and oxygen atoms in total. The minimum atomic E-state index is -0.400. The number of aliphatic hydroxyl groups excluding tert-OH is 1. The minimum absolute atomic E-state index is 0.400. The topological polar surface area (TPSA) is 43.8 Å². The second-order valence-corrected chi connectivity index (χ2v) is 4.95. The van der Waals surface area contributed by atoms with Crippen LogP contribution in [0.1, 0.15) is 11.0 Å². The molecule has 1 aliphatic rings. The van der Waals surface area contributed by atoms with Gasteiger partial charge in [0.1, 0.15) is 6.10 Å². The third-order valence-electron chi connectivity index (χ3n) is 2.86. The Morgan fingerprint density at radius 3 is 2.75 bits per heavy atom. The van der Waals surface area contributed by atoms with E-state index in [1.807, 2.05) is 17.5 Å². The number of nitrogens with zero attached hydrogens (tertiary/aromatic N) is 2. The predicted octanol–water partition coefficient (Wildman–Crippen LogP) is 0.555. The molecule has 2 heterocycles. The van der Waals surface area contributed by atoms with Crippen LogP contribution >= 0.6 is 11.3 Å². The number of thiophene rings is 1. The van der Waals surface area contributed by atoms with Crippen molar-refractivity contribution in [1.29, 1.82) is 0 Å². The maximum absolute atomic E-state index is 10.5. The first-order chi connectivity index (χ1) is 7.79. The fraction of sp³-hybridized carbons (Fsp3) is 0.545. The first-order valence-corrected chi connectivity index (χ1v) is 6.30. The molecule has 1 unspecified atom stereocenters. The molecule has 1 aliphatic heterocycles. The fourth-order valence-electron chi connectivity index (χ4n) is 1.87. The second kappa shape index (κ2) is 5.43. The lowest BCUT2D eigenvalue weighted by Gasteiger charge is -2.33. The molecule has 1 amide bonds. The van der Waals surface area contributed by atoms with Crippen molar-refractivity contribution >= 4 is 17.7 Å². The van der Waals surface area contributed by atoms with Gasteiger partial charge in [0.05, 0.1) is 0 Å². The van der Waals surface area contributed by atoms with Crippen molar-refractivity contribution in [3.05, 3.63) is 22.4 Å². The second-order valence-electron chi connectivity index (χ2n) is 3.97. The maximum atomic E-state index is 10.5. The van der Waals surface area contributed by atoms with Crippen LogP contribution < -0.4 is 0 Å². The van der Waals surface area contributed by atoms with Crippen LogP contribution in [0.3, 0.4) is 0 Å². The summed E-state index contributed by atoms with van der Waals surface area (Å²) in [5.74, 6) is 0. The molecule has 1 aromatic heterocycles. The summed E-state index contributed by atoms with van der Waals surface area (Å²) >= 11 is 1.58. The fourth-order valence-corrected chi connectivity index (χ4v) is 2.57. The van der Waals surface area contributed by atoms with E-state index in [1.54, 1.807) is 16.2 Å². The van der Waals surface area contributed by atoms with Gasteiger partial charge in [0.25, 0.3) is 0 Å². The van der Waals surface area contributed by atoms with Crippen molar-refractivity contribution in [2.24, 2.45) is 0 Å². The van der Waals surface area contributed by atoms with Gasteiger partial charge < -0.3 is 10.0 Å². The van der Waals surface area contributed by atoms with Crippen molar-refractivity contribution in [3.63, 3.8) is 0 Å². The van der Waals surface area contributed by atoms with Gasteiger partial charge in [0, 0.05) is 37.6 Å². The summed E-state index contributed by atoms with van der Waals surface area (Å²) in [7, 11) is 0. The van der Waals surface area contributed by atoms with E-state index in [1.165, 1.54) is 0 Å². The average molecular weight is 240 g/mol. The molecule has 0 aliphatic carbocycles. The highest BCUT2D eigenvalue weighted by atomic mass is 32.1. The van der Waals surface area contributed by atoms with Crippen molar-refractivity contribution in [2.75, 3.05) is 32.7 Å². The Morgan fingerprint density at radius 1 is 1.44 bits per heavy atom. The smallest absolute Gasteiger partial charge is 0.209 e. The van der Waals surface area contributed by atoms with E-state index < -0.39 is 6.10 Å². The number of rotatable bonds is 4. The summed E-state index contributed by atoms with van der Waals surface area (Å²) in [5.41, 5.74) is 0. The highest BCUT2D eigenvalue weighted by molar-refractivity contribution is 7.10. The largest absolute Gasteiger partial charge is 0.386 e. The van der Waals surface area contributed by atoms with Gasteiger partial charge in [-0.25, -0.2) is 0 Å². The SMILES string of the molecule is O=CN1CCN(CC(O)c2cccs2)CC1. The number of carbonyl (C=O) groups is 1. The van der Waals surface area contributed by atoms with E-state index in [0.29, 0.717) is 6.54 Å². The van der Waals surface area contributed by atoms with Gasteiger partial charge in [-0.15, -0.1) is 11.3 Å². The van der Waals surface area contributed by atoms with Gasteiger partial charge in [0.15, 0.2) is 0 Å². The Kier molecular flexibility index (Phi) is 3.93. The zero-order valence-electron chi connectivity index (χ0n) is 9.08. The van der Waals surface area contributed by atoms with E-state index >= 15 is 0 Å². The van der Waals surface area contributed by atoms with Gasteiger partial charge in [-0.05, 0) is 11.4 Å². The molecule has 88 valence electrons. The van der Waals surface area contributed by atoms with Gasteiger partial charge in [-0.1, -0.05) is 6.07 Å². The molecule has 1 atom stereocenters. The Morgan fingerprint density at radius 2 is 2.19 bits per heavy atom. The summed E-state index contributed by atoms with van der Waals surface area (Å²) < 4.78 is 0. The molecular weight excluding hydrogens is 224 g/mol. The number of carbonyl (C=O) groups excluding carboxylic acids is 1. The lowest BCUT2D eigenvalue weighted by Crippen LogP contribution is -2.46. The molecular formula is C11H16N2O2S. The predicted molar refractivity (Wildman–Crippen MR) is 63.4 cm³/mol. The quantitative estimate of drug-likeness (QED) is 0.782. The number of hydrogen-bond acceptors (Lipinski definition) is 4. The first kappa shape index (κ1) is 11.6. The van der Waals surface area contributed by atoms with Crippen LogP contribution in [0.2, 0.25) is 0 Å². The average Bonchev–Trinajstić information content (AvgIpc) is 2.83. The van der Waals surface area contributed by atoms with Crippen LogP contribution in [0, 0.1) is 0 Å². The monoisotopic (exact) mass is 240 g/mol. The molecule has 0 radical (unpaired) electrons. The summed E-state index contributed by atoms with van der Waals surface area (Å²) in [6.45, 7) is 3.89. The van der Waals surface area contributed by atoms with Crippen LogP contribution in [0.4, 0.5) is 0 Å². The van der Waals surface area contributed by atoms with Gasteiger partial charge in [-0.2, -0.15) is 0 Å². The number of piperazine rings is 1. The van der Waals surface area contributed by atoms with Crippen molar-refractivity contribution < 1.29 is 9.90 Å². The van der Waals surface area contributed by atoms with E-state index in [2.05, 4.69) is 4.90 Å². The first-order valence-electron chi connectivity index (χ1n) is 5.43. The summed E-state index contributed by atoms with van der Waals surface area (Å²) in [4.78, 5) is 15.5. The summed E-state index contributed by atoms with van der Waals surface area (Å²) in [5, 5.41) is 11.9. The van der Waals surface area contributed by atoms with E-state index in [-0.39, 0.29) is 0 Å². The molecule has 1 fully saturated rings. The molecule has 16 heavy (non-hydrogen) atoms. The van der Waals surface area contributed by atoms with Crippen LogP contribution in [0.15, 0.2) is 17.5 Å². The summed E-state index contributed by atoms with van der Waals surface area (Å²) in [6, 6.07) is 3.91. The number of β-amino-alcohol motifs (C(OH)–C–C–N with tert-alkyl or cyclic N) is 1. The number of hydrogen-bond donors (Lipinski definition) is 1. The van der Waals surface area contributed by atoms with E-state index in [9.17, 15) is 9.90 Å². The Balaban J connectivity index is 1.80. The molecule has 1 N–H and O–H groups in total. The van der Waals surface area contributed by atoms with Gasteiger partial charge in [-0.3, -0.25) is 9.69 Å². The lowest BCUT2D eigenvalue weighted by atomic mass is 10.2. The van der Waals surface area contributed by atoms with Crippen LogP contribution in [-0.2, 0) is 4.79 Å². The van der Waals surface area contributed by atoms with E-state index in [0.717, 1.165) is 37.5 Å². The molecule has 5 heteroatoms. The van der Waals surface area contributed by atoms with Gasteiger partial charge >= 0.3 is 0 Å². The van der Waals surface area contributed by atoms with Crippen LogP contribution in [0.25, 0.3) is 0 Å². The molecule has 1 aromatic rings. The molecule has 1 saturated heterocycles. The molecule has 0 spiro atoms. The van der Waals surface area contributed by atoms with E-state index in [4.69, 9.17) is 0 Å². The number of amides is 1. The highest BCUT2D eigenvalue weighted by Gasteiger charge is 2.19. The Hall–Kier alpha value is -0.910. The van der Waals surface area contributed by atoms with Crippen molar-refractivity contribution in [3.8, 4) is 0 Å². The molecule has 2 rings (SSSR count). The van der Waals surface area contributed by atoms with Crippen molar-refractivity contribution in [1.82, 2.24) is 9.80 Å². The molecule has 0 saturated carbocycles. The van der Waals surface area contributed by atoms with Crippen LogP contribution in [-0.4, -0.2) is 54.0 Å². The Labute approximate surface area is 99.1 Å². The highest BCUT2D eigenvalue weighted by Crippen LogP contribution is 2.20. The number of aliphatic hydroxyl groups is 1. The zero-order chi connectivity index (χ0) is 11.4. The zero-order valence-corrected chi connectivity index (χ0v) is 9.90. The van der Waals surface area contributed by atoms with Crippen molar-refractivity contribution in [2.45, 2.75) is 6.10 Å². The normalized spacial score (nSPS) is 19.7. The summed E-state index contributed by atoms with van der Waals surface area (Å²) in [6.07, 6.45) is 0.496. The molecule has 0 bridgehead atoms. The maximum Gasteiger partial charge on any atom is 0.209 e. The molecule has 0 aromatic carbocycles.